The van der Waals surface area contributed by atoms with Crippen molar-refractivity contribution in [1.82, 2.24) is 5.16 Å². The standard InChI is InChI=1S/C17H12F4N2O3S/c1-9-3-2-4-11(7-9)15-14(16(26-23-15)17(19,20)21)10-5-6-13(12(18)8-10)27(22,24)25/h2-8H,1H3,(H2,22,24,25). The first-order valence-electron chi connectivity index (χ1n) is 7.45. The Morgan fingerprint density at radius 1 is 1.07 bits per heavy atom. The van der Waals surface area contributed by atoms with E-state index in [4.69, 9.17) is 5.14 Å². The van der Waals surface area contributed by atoms with Gasteiger partial charge < -0.3 is 4.52 Å². The quantitative estimate of drug-likeness (QED) is 0.670. The van der Waals surface area contributed by atoms with E-state index in [2.05, 4.69) is 9.68 Å². The van der Waals surface area contributed by atoms with Gasteiger partial charge in [0.2, 0.25) is 15.8 Å². The van der Waals surface area contributed by atoms with Crippen LogP contribution in [-0.2, 0) is 16.2 Å². The summed E-state index contributed by atoms with van der Waals surface area (Å²) in [6.45, 7) is 1.74. The zero-order chi connectivity index (χ0) is 20.0. The Bertz CT molecular complexity index is 1120. The van der Waals surface area contributed by atoms with Crippen LogP contribution in [0.4, 0.5) is 17.6 Å². The van der Waals surface area contributed by atoms with Gasteiger partial charge in [0.05, 0.1) is 5.56 Å². The number of aromatic nitrogens is 1. The van der Waals surface area contributed by atoms with Gasteiger partial charge in [-0.3, -0.25) is 0 Å². The molecular formula is C17H12F4N2O3S. The smallest absolute Gasteiger partial charge is 0.350 e. The second kappa shape index (κ2) is 6.46. The molecule has 3 rings (SSSR count). The highest BCUT2D eigenvalue weighted by Gasteiger charge is 2.41. The summed E-state index contributed by atoms with van der Waals surface area (Å²) < 4.78 is 81.4. The third-order valence-corrected chi connectivity index (χ3v) is 4.71. The van der Waals surface area contributed by atoms with Crippen LogP contribution in [0, 0.1) is 12.7 Å². The summed E-state index contributed by atoms with van der Waals surface area (Å²) in [6.07, 6.45) is -4.89. The Hall–Kier alpha value is -2.72. The van der Waals surface area contributed by atoms with E-state index >= 15 is 0 Å². The molecule has 0 fully saturated rings. The number of rotatable bonds is 3. The molecule has 0 saturated carbocycles. The molecule has 0 bridgehead atoms. The Morgan fingerprint density at radius 3 is 2.33 bits per heavy atom. The van der Waals surface area contributed by atoms with Crippen LogP contribution in [0.15, 0.2) is 51.9 Å². The molecule has 1 aromatic heterocycles. The average Bonchev–Trinajstić information content (AvgIpc) is 2.98. The average molecular weight is 400 g/mol. The van der Waals surface area contributed by atoms with Crippen molar-refractivity contribution in [2.24, 2.45) is 5.14 Å². The van der Waals surface area contributed by atoms with Crippen LogP contribution in [-0.4, -0.2) is 13.6 Å². The van der Waals surface area contributed by atoms with E-state index in [1.54, 1.807) is 25.1 Å². The van der Waals surface area contributed by atoms with Crippen LogP contribution in [0.1, 0.15) is 11.3 Å². The molecule has 0 saturated heterocycles. The van der Waals surface area contributed by atoms with Crippen LogP contribution in [0.3, 0.4) is 0 Å². The highest BCUT2D eigenvalue weighted by atomic mass is 32.2. The summed E-state index contributed by atoms with van der Waals surface area (Å²) >= 11 is 0. The first kappa shape index (κ1) is 19.1. The number of alkyl halides is 3. The fourth-order valence-electron chi connectivity index (χ4n) is 2.63. The SMILES string of the molecule is Cc1cccc(-c2noc(C(F)(F)F)c2-c2ccc(S(N)(=O)=O)c(F)c2)c1. The van der Waals surface area contributed by atoms with Gasteiger partial charge in [-0.15, -0.1) is 0 Å². The van der Waals surface area contributed by atoms with E-state index in [-0.39, 0.29) is 11.3 Å². The second-order valence-corrected chi connectivity index (χ2v) is 7.32. The Kier molecular flexibility index (Phi) is 4.56. The lowest BCUT2D eigenvalue weighted by Crippen LogP contribution is -2.14. The normalized spacial score (nSPS) is 12.4. The maximum Gasteiger partial charge on any atom is 0.453 e. The molecule has 0 spiro atoms. The van der Waals surface area contributed by atoms with E-state index < -0.39 is 38.2 Å². The van der Waals surface area contributed by atoms with Crippen LogP contribution in [0.2, 0.25) is 0 Å². The van der Waals surface area contributed by atoms with Gasteiger partial charge in [0, 0.05) is 5.56 Å². The highest BCUT2D eigenvalue weighted by molar-refractivity contribution is 7.89. The first-order chi connectivity index (χ1) is 12.5. The molecule has 2 aromatic carbocycles. The predicted octanol–water partition coefficient (Wildman–Crippen LogP) is 4.12. The number of halogens is 4. The molecule has 27 heavy (non-hydrogen) atoms. The number of nitrogens with two attached hydrogens (primary N) is 1. The molecule has 10 heteroatoms. The lowest BCUT2D eigenvalue weighted by atomic mass is 9.98. The molecule has 5 nitrogen and oxygen atoms in total. The Labute approximate surface area is 151 Å². The van der Waals surface area contributed by atoms with E-state index in [1.165, 1.54) is 6.07 Å². The molecule has 0 aliphatic heterocycles. The second-order valence-electron chi connectivity index (χ2n) is 5.79. The summed E-state index contributed by atoms with van der Waals surface area (Å²) in [5, 5.41) is 8.40. The zero-order valence-corrected chi connectivity index (χ0v) is 14.5. The van der Waals surface area contributed by atoms with Crippen molar-refractivity contribution >= 4 is 10.0 Å². The first-order valence-corrected chi connectivity index (χ1v) is 9.00. The molecule has 0 radical (unpaired) electrons. The molecule has 0 amide bonds. The third kappa shape index (κ3) is 3.71. The minimum absolute atomic E-state index is 0.145. The fourth-order valence-corrected chi connectivity index (χ4v) is 3.22. The van der Waals surface area contributed by atoms with Gasteiger partial charge in [0.25, 0.3) is 0 Å². The summed E-state index contributed by atoms with van der Waals surface area (Å²) in [4.78, 5) is -0.826. The highest BCUT2D eigenvalue weighted by Crippen LogP contribution is 2.43. The van der Waals surface area contributed by atoms with Gasteiger partial charge in [0.15, 0.2) is 0 Å². The van der Waals surface area contributed by atoms with Crippen molar-refractivity contribution < 1.29 is 30.5 Å². The monoisotopic (exact) mass is 400 g/mol. The molecule has 3 aromatic rings. The van der Waals surface area contributed by atoms with Crippen LogP contribution < -0.4 is 5.14 Å². The molecule has 0 aliphatic rings. The number of benzene rings is 2. The number of sulfonamides is 1. The number of primary sulfonamides is 1. The van der Waals surface area contributed by atoms with Gasteiger partial charge in [-0.2, -0.15) is 13.2 Å². The maximum atomic E-state index is 14.2. The summed E-state index contributed by atoms with van der Waals surface area (Å²) in [5.74, 6) is -2.69. The molecule has 0 aliphatic carbocycles. The minimum atomic E-state index is -4.89. The van der Waals surface area contributed by atoms with Crippen LogP contribution in [0.25, 0.3) is 22.4 Å². The van der Waals surface area contributed by atoms with Crippen molar-refractivity contribution in [3.63, 3.8) is 0 Å². The molecule has 0 atom stereocenters. The summed E-state index contributed by atoms with van der Waals surface area (Å²) in [7, 11) is -4.36. The Morgan fingerprint density at radius 2 is 1.78 bits per heavy atom. The number of nitrogens with zero attached hydrogens (tertiary/aromatic N) is 1. The largest absolute Gasteiger partial charge is 0.453 e. The molecule has 142 valence electrons. The van der Waals surface area contributed by atoms with Crippen molar-refractivity contribution in [1.29, 1.82) is 0 Å². The summed E-state index contributed by atoms with van der Waals surface area (Å²) in [5.41, 5.74) is 0.220. The molecule has 2 N–H and O–H groups in total. The van der Waals surface area contributed by atoms with E-state index in [0.717, 1.165) is 17.7 Å². The van der Waals surface area contributed by atoms with E-state index in [1.807, 2.05) is 0 Å². The predicted molar refractivity (Wildman–Crippen MR) is 88.4 cm³/mol. The topological polar surface area (TPSA) is 86.2 Å². The van der Waals surface area contributed by atoms with Gasteiger partial charge in [0.1, 0.15) is 16.4 Å². The number of hydrogen-bond donors (Lipinski definition) is 1. The van der Waals surface area contributed by atoms with E-state index in [9.17, 15) is 26.0 Å². The van der Waals surface area contributed by atoms with Crippen molar-refractivity contribution in [3.8, 4) is 22.4 Å². The minimum Gasteiger partial charge on any atom is -0.350 e. The molecule has 0 unspecified atom stereocenters. The lowest BCUT2D eigenvalue weighted by Gasteiger charge is -2.09. The van der Waals surface area contributed by atoms with Crippen molar-refractivity contribution in [2.75, 3.05) is 0 Å². The lowest BCUT2D eigenvalue weighted by molar-refractivity contribution is -0.154. The Balaban J connectivity index is 2.28. The van der Waals surface area contributed by atoms with Crippen LogP contribution >= 0.6 is 0 Å². The maximum absolute atomic E-state index is 14.2. The summed E-state index contributed by atoms with van der Waals surface area (Å²) in [6, 6.07) is 8.97. The van der Waals surface area contributed by atoms with Crippen LogP contribution in [0.5, 0.6) is 0 Å². The zero-order valence-electron chi connectivity index (χ0n) is 13.7. The van der Waals surface area contributed by atoms with Gasteiger partial charge >= 0.3 is 6.18 Å². The van der Waals surface area contributed by atoms with Crippen molar-refractivity contribution in [3.05, 3.63) is 59.6 Å². The fraction of sp³-hybridized carbons (Fsp3) is 0.118. The van der Waals surface area contributed by atoms with Gasteiger partial charge in [-0.05, 0) is 30.7 Å². The number of hydrogen-bond acceptors (Lipinski definition) is 4. The number of aryl methyl sites for hydroxylation is 1. The third-order valence-electron chi connectivity index (χ3n) is 3.77. The molecule has 1 heterocycles. The molecular weight excluding hydrogens is 388 g/mol. The van der Waals surface area contributed by atoms with Gasteiger partial charge in [-0.1, -0.05) is 35.0 Å². The van der Waals surface area contributed by atoms with E-state index in [0.29, 0.717) is 11.6 Å². The van der Waals surface area contributed by atoms with Crippen molar-refractivity contribution in [2.45, 2.75) is 18.0 Å². The van der Waals surface area contributed by atoms with Gasteiger partial charge in [-0.25, -0.2) is 17.9 Å².